The Morgan fingerprint density at radius 1 is 1.31 bits per heavy atom. The summed E-state index contributed by atoms with van der Waals surface area (Å²) in [6, 6.07) is 3.26. The van der Waals surface area contributed by atoms with E-state index in [-0.39, 0.29) is 17.1 Å². The number of nitrogens with one attached hydrogen (secondary N) is 2. The molecule has 1 atom stereocenters. The van der Waals surface area contributed by atoms with Crippen molar-refractivity contribution in [3.8, 4) is 0 Å². The zero-order valence-electron chi connectivity index (χ0n) is 21.1. The number of rotatable bonds is 15. The van der Waals surface area contributed by atoms with Crippen molar-refractivity contribution in [3.63, 3.8) is 0 Å². The second-order valence-electron chi connectivity index (χ2n) is 8.95. The molecule has 2 aromatic rings. The summed E-state index contributed by atoms with van der Waals surface area (Å²) in [4.78, 5) is 31.4. The summed E-state index contributed by atoms with van der Waals surface area (Å²) in [5, 5.41) is 19.8. The van der Waals surface area contributed by atoms with Crippen molar-refractivity contribution in [3.05, 3.63) is 40.3 Å². The van der Waals surface area contributed by atoms with Gasteiger partial charge in [-0.15, -0.1) is 0 Å². The van der Waals surface area contributed by atoms with Crippen molar-refractivity contribution >= 4 is 29.3 Å². The number of aliphatic carboxylic acids is 1. The van der Waals surface area contributed by atoms with Crippen molar-refractivity contribution in [2.45, 2.75) is 51.5 Å². The Hall–Kier alpha value is -2.69. The van der Waals surface area contributed by atoms with Crippen LogP contribution in [0.15, 0.2) is 18.3 Å². The lowest BCUT2D eigenvalue weighted by Gasteiger charge is -2.24. The van der Waals surface area contributed by atoms with Crippen molar-refractivity contribution in [2.24, 2.45) is 7.05 Å². The zero-order valence-corrected chi connectivity index (χ0v) is 21.9. The molecule has 0 radical (unpaired) electrons. The second kappa shape index (κ2) is 14.2. The highest BCUT2D eigenvalue weighted by Crippen LogP contribution is 2.20. The Morgan fingerprint density at radius 3 is 2.86 bits per heavy atom. The Balaban J connectivity index is 1.50. The molecule has 1 amide bonds. The van der Waals surface area contributed by atoms with E-state index in [1.807, 2.05) is 6.92 Å². The summed E-state index contributed by atoms with van der Waals surface area (Å²) in [6.45, 7) is 6.15. The van der Waals surface area contributed by atoms with Gasteiger partial charge in [0.1, 0.15) is 17.6 Å². The molecular formula is C25H37ClN6O4. The molecule has 1 aliphatic heterocycles. The van der Waals surface area contributed by atoms with E-state index >= 15 is 0 Å². The molecule has 3 heterocycles. The van der Waals surface area contributed by atoms with Gasteiger partial charge >= 0.3 is 5.97 Å². The number of halogens is 1. The second-order valence-corrected chi connectivity index (χ2v) is 9.36. The number of unbranched alkanes of at least 4 members (excludes halogenated alkanes) is 1. The number of ether oxygens (including phenoxy) is 1. The maximum atomic E-state index is 12.6. The fraction of sp³-hybridized carbons (Fsp3) is 0.600. The molecule has 36 heavy (non-hydrogen) atoms. The van der Waals surface area contributed by atoms with Crippen molar-refractivity contribution in [1.29, 1.82) is 0 Å². The predicted octanol–water partition coefficient (Wildman–Crippen LogP) is 2.76. The van der Waals surface area contributed by atoms with Crippen LogP contribution in [-0.4, -0.2) is 82.1 Å². The van der Waals surface area contributed by atoms with Crippen LogP contribution in [0.3, 0.4) is 0 Å². The molecule has 0 fully saturated rings. The fourth-order valence-electron chi connectivity index (χ4n) is 4.28. The molecule has 3 rings (SSSR count). The number of fused-ring (bicyclic) bond motifs is 1. The minimum Gasteiger partial charge on any atom is -0.480 e. The summed E-state index contributed by atoms with van der Waals surface area (Å²) in [6.07, 6.45) is 6.68. The van der Waals surface area contributed by atoms with Crippen LogP contribution < -0.4 is 10.6 Å². The summed E-state index contributed by atoms with van der Waals surface area (Å²) >= 11 is 6.03. The largest absolute Gasteiger partial charge is 0.480 e. The highest BCUT2D eigenvalue weighted by atomic mass is 35.5. The molecule has 1 aliphatic rings. The predicted molar refractivity (Wildman–Crippen MR) is 139 cm³/mol. The van der Waals surface area contributed by atoms with Gasteiger partial charge in [-0.25, -0.2) is 9.78 Å². The van der Waals surface area contributed by atoms with E-state index in [1.54, 1.807) is 7.05 Å². The van der Waals surface area contributed by atoms with Crippen molar-refractivity contribution in [2.75, 3.05) is 44.7 Å². The third kappa shape index (κ3) is 8.18. The molecule has 0 saturated heterocycles. The Labute approximate surface area is 217 Å². The number of aryl methyl sites for hydroxylation is 3. The number of amides is 1. The first-order valence-electron chi connectivity index (χ1n) is 12.6. The number of nitrogens with zero attached hydrogens (tertiary/aromatic N) is 4. The molecule has 0 aromatic carbocycles. The van der Waals surface area contributed by atoms with E-state index in [1.165, 1.54) is 16.4 Å². The fourth-order valence-corrected chi connectivity index (χ4v) is 4.54. The lowest BCUT2D eigenvalue weighted by Crippen LogP contribution is -2.44. The van der Waals surface area contributed by atoms with Crippen LogP contribution in [0.5, 0.6) is 0 Å². The molecular weight excluding hydrogens is 484 g/mol. The highest BCUT2D eigenvalue weighted by molar-refractivity contribution is 6.33. The summed E-state index contributed by atoms with van der Waals surface area (Å²) < 4.78 is 6.85. The average Bonchev–Trinajstić information content (AvgIpc) is 3.21. The van der Waals surface area contributed by atoms with Crippen LogP contribution in [0.2, 0.25) is 5.02 Å². The molecule has 3 N–H and O–H groups in total. The minimum absolute atomic E-state index is 0.141. The third-order valence-electron chi connectivity index (χ3n) is 6.31. The van der Waals surface area contributed by atoms with Gasteiger partial charge in [0, 0.05) is 39.0 Å². The molecule has 1 unspecified atom stereocenters. The van der Waals surface area contributed by atoms with Crippen LogP contribution in [0, 0.1) is 0 Å². The molecule has 11 heteroatoms. The van der Waals surface area contributed by atoms with Crippen LogP contribution in [0.25, 0.3) is 0 Å². The number of aromatic nitrogens is 3. The lowest BCUT2D eigenvalue weighted by molar-refractivity contribution is -0.139. The smallest absolute Gasteiger partial charge is 0.326 e. The SMILES string of the molecule is CCOCCN(CCCCc1ccc2c(n1)NCCC2)CCC(NC(=O)c1c(Cl)cnn1C)C(=O)O. The molecule has 0 saturated carbocycles. The normalized spacial score (nSPS) is 13.8. The third-order valence-corrected chi connectivity index (χ3v) is 6.59. The molecule has 2 aromatic heterocycles. The van der Waals surface area contributed by atoms with E-state index in [0.717, 1.165) is 56.7 Å². The van der Waals surface area contributed by atoms with Gasteiger partial charge in [0.05, 0.1) is 17.8 Å². The first kappa shape index (κ1) is 27.9. The van der Waals surface area contributed by atoms with Gasteiger partial charge in [0.2, 0.25) is 0 Å². The maximum Gasteiger partial charge on any atom is 0.326 e. The number of hydrogen-bond donors (Lipinski definition) is 3. The number of carboxylic acid groups (broad SMARTS) is 1. The van der Waals surface area contributed by atoms with E-state index in [4.69, 9.17) is 21.3 Å². The number of pyridine rings is 1. The van der Waals surface area contributed by atoms with Gasteiger partial charge in [0.25, 0.3) is 5.91 Å². The molecule has 10 nitrogen and oxygen atoms in total. The van der Waals surface area contributed by atoms with Gasteiger partial charge in [-0.05, 0) is 63.6 Å². The Kier molecular flexibility index (Phi) is 11.0. The first-order valence-corrected chi connectivity index (χ1v) is 13.0. The Bertz CT molecular complexity index is 995. The number of hydrogen-bond acceptors (Lipinski definition) is 7. The molecule has 0 spiro atoms. The topological polar surface area (TPSA) is 122 Å². The number of carbonyl (C=O) groups excluding carboxylic acids is 1. The van der Waals surface area contributed by atoms with Crippen molar-refractivity contribution < 1.29 is 19.4 Å². The van der Waals surface area contributed by atoms with Gasteiger partial charge < -0.3 is 25.4 Å². The highest BCUT2D eigenvalue weighted by Gasteiger charge is 2.24. The molecule has 0 bridgehead atoms. The van der Waals surface area contributed by atoms with E-state index in [9.17, 15) is 14.7 Å². The standard InChI is InChI=1S/C25H37ClN6O4/c1-3-36-16-15-32(13-5-4-8-19-10-9-18-7-6-12-27-23(18)29-19)14-11-21(25(34)35)30-24(33)22-20(26)17-28-31(22)2/h9-10,17,21H,3-8,11-16H2,1-2H3,(H,27,29)(H,30,33)(H,34,35). The lowest BCUT2D eigenvalue weighted by atomic mass is 10.1. The quantitative estimate of drug-likeness (QED) is 0.306. The van der Waals surface area contributed by atoms with E-state index in [0.29, 0.717) is 26.3 Å². The monoisotopic (exact) mass is 520 g/mol. The van der Waals surface area contributed by atoms with E-state index in [2.05, 4.69) is 32.8 Å². The first-order chi connectivity index (χ1) is 17.4. The summed E-state index contributed by atoms with van der Waals surface area (Å²) in [5.41, 5.74) is 2.52. The Morgan fingerprint density at radius 2 is 2.14 bits per heavy atom. The summed E-state index contributed by atoms with van der Waals surface area (Å²) in [5.74, 6) is -0.620. The van der Waals surface area contributed by atoms with Gasteiger partial charge in [-0.2, -0.15) is 5.10 Å². The number of carboxylic acids is 1. The number of anilines is 1. The molecule has 198 valence electrons. The van der Waals surface area contributed by atoms with Gasteiger partial charge in [-0.3, -0.25) is 9.48 Å². The van der Waals surface area contributed by atoms with Crippen LogP contribution >= 0.6 is 11.6 Å². The summed E-state index contributed by atoms with van der Waals surface area (Å²) in [7, 11) is 1.59. The number of carbonyl (C=O) groups is 2. The zero-order chi connectivity index (χ0) is 25.9. The van der Waals surface area contributed by atoms with Crippen LogP contribution in [0.1, 0.15) is 54.4 Å². The van der Waals surface area contributed by atoms with Crippen molar-refractivity contribution in [1.82, 2.24) is 25.0 Å². The van der Waals surface area contributed by atoms with Crippen LogP contribution in [0.4, 0.5) is 5.82 Å². The molecule has 0 aliphatic carbocycles. The van der Waals surface area contributed by atoms with Crippen LogP contribution in [-0.2, 0) is 29.4 Å². The minimum atomic E-state index is -1.08. The van der Waals surface area contributed by atoms with E-state index < -0.39 is 17.9 Å². The van der Waals surface area contributed by atoms with Gasteiger partial charge in [-0.1, -0.05) is 17.7 Å². The maximum absolute atomic E-state index is 12.6. The average molecular weight is 521 g/mol. The van der Waals surface area contributed by atoms with Gasteiger partial charge in [0.15, 0.2) is 0 Å².